The first-order valence-electron chi connectivity index (χ1n) is 14.7. The van der Waals surface area contributed by atoms with Crippen molar-refractivity contribution in [3.63, 3.8) is 0 Å². The number of nitrogens with zero attached hydrogens (tertiary/aromatic N) is 2. The van der Waals surface area contributed by atoms with Crippen LogP contribution in [0, 0.1) is 13.8 Å². The standard InChI is InChI=1S/C35H37Cl2N3O4S/c1-4-21-38-35(42)32(22-27-12-6-5-7-13-27)39(23-28-14-9-8-11-26(28)3)33(41)24-40(31-16-10-15-30(36)34(31)37)45(43,44)29-19-17-25(2)18-20-29/h5-20,32H,4,21-24H2,1-3H3,(H,38,42)/t32-/m0/s1. The predicted octanol–water partition coefficient (Wildman–Crippen LogP) is 6.97. The lowest BCUT2D eigenvalue weighted by Crippen LogP contribution is -2.53. The Kier molecular flexibility index (Phi) is 11.7. The van der Waals surface area contributed by atoms with Crippen molar-refractivity contribution in [1.29, 1.82) is 0 Å². The van der Waals surface area contributed by atoms with Gasteiger partial charge < -0.3 is 10.2 Å². The quantitative estimate of drug-likeness (QED) is 0.167. The molecule has 4 rings (SSSR count). The molecule has 4 aromatic rings. The summed E-state index contributed by atoms with van der Waals surface area (Å²) >= 11 is 12.9. The second-order valence-electron chi connectivity index (χ2n) is 10.8. The highest BCUT2D eigenvalue weighted by atomic mass is 35.5. The Morgan fingerprint density at radius 2 is 1.51 bits per heavy atom. The molecule has 10 heteroatoms. The topological polar surface area (TPSA) is 86.8 Å². The lowest BCUT2D eigenvalue weighted by molar-refractivity contribution is -0.140. The highest BCUT2D eigenvalue weighted by Crippen LogP contribution is 2.35. The van der Waals surface area contributed by atoms with Crippen LogP contribution in [0.4, 0.5) is 5.69 Å². The largest absolute Gasteiger partial charge is 0.354 e. The van der Waals surface area contributed by atoms with Crippen LogP contribution in [-0.4, -0.2) is 44.3 Å². The van der Waals surface area contributed by atoms with Crippen LogP contribution in [0.3, 0.4) is 0 Å². The van der Waals surface area contributed by atoms with E-state index in [1.54, 1.807) is 24.3 Å². The van der Waals surface area contributed by atoms with Crippen LogP contribution in [0.1, 0.15) is 35.6 Å². The van der Waals surface area contributed by atoms with Gasteiger partial charge in [-0.05, 0) is 61.2 Å². The summed E-state index contributed by atoms with van der Waals surface area (Å²) in [6.45, 7) is 5.64. The number of amides is 2. The average molecular weight is 667 g/mol. The molecule has 1 atom stereocenters. The summed E-state index contributed by atoms with van der Waals surface area (Å²) in [6, 6.07) is 27.1. The normalized spacial score (nSPS) is 11.9. The van der Waals surface area contributed by atoms with Crippen molar-refractivity contribution in [3.05, 3.63) is 129 Å². The Hall–Kier alpha value is -3.85. The molecule has 0 aliphatic heterocycles. The third-order valence-electron chi connectivity index (χ3n) is 7.51. The molecule has 0 aliphatic carbocycles. The number of halogens is 2. The summed E-state index contributed by atoms with van der Waals surface area (Å²) in [6.07, 6.45) is 0.946. The molecular weight excluding hydrogens is 629 g/mol. The van der Waals surface area contributed by atoms with E-state index in [0.29, 0.717) is 13.0 Å². The number of hydrogen-bond acceptors (Lipinski definition) is 4. The first kappa shape index (κ1) is 34.0. The molecular formula is C35H37Cl2N3O4S. The lowest BCUT2D eigenvalue weighted by atomic mass is 10.0. The van der Waals surface area contributed by atoms with E-state index in [1.807, 2.05) is 75.4 Å². The fourth-order valence-electron chi connectivity index (χ4n) is 4.93. The van der Waals surface area contributed by atoms with Crippen molar-refractivity contribution in [1.82, 2.24) is 10.2 Å². The minimum absolute atomic E-state index is 0.00497. The summed E-state index contributed by atoms with van der Waals surface area (Å²) < 4.78 is 29.4. The highest BCUT2D eigenvalue weighted by Gasteiger charge is 2.35. The van der Waals surface area contributed by atoms with Crippen molar-refractivity contribution in [2.45, 2.75) is 51.1 Å². The molecule has 45 heavy (non-hydrogen) atoms. The average Bonchev–Trinajstić information content (AvgIpc) is 3.03. The fourth-order valence-corrected chi connectivity index (χ4v) is 6.80. The third kappa shape index (κ3) is 8.45. The van der Waals surface area contributed by atoms with E-state index in [0.717, 1.165) is 26.6 Å². The minimum atomic E-state index is -4.30. The smallest absolute Gasteiger partial charge is 0.264 e. The van der Waals surface area contributed by atoms with Crippen LogP contribution < -0.4 is 9.62 Å². The van der Waals surface area contributed by atoms with Crippen LogP contribution in [0.2, 0.25) is 10.0 Å². The molecule has 2 amide bonds. The number of carbonyl (C=O) groups is 2. The van der Waals surface area contributed by atoms with E-state index in [1.165, 1.54) is 23.1 Å². The fraction of sp³-hybridized carbons (Fsp3) is 0.257. The summed E-state index contributed by atoms with van der Waals surface area (Å²) in [7, 11) is -4.30. The second-order valence-corrected chi connectivity index (χ2v) is 13.5. The van der Waals surface area contributed by atoms with E-state index in [9.17, 15) is 18.0 Å². The van der Waals surface area contributed by atoms with Gasteiger partial charge in [0.15, 0.2) is 0 Å². The number of sulfonamides is 1. The molecule has 236 valence electrons. The first-order valence-corrected chi connectivity index (χ1v) is 16.9. The molecule has 1 N–H and O–H groups in total. The monoisotopic (exact) mass is 665 g/mol. The zero-order chi connectivity index (χ0) is 32.6. The van der Waals surface area contributed by atoms with Crippen molar-refractivity contribution < 1.29 is 18.0 Å². The van der Waals surface area contributed by atoms with Crippen molar-refractivity contribution >= 4 is 50.7 Å². The molecule has 0 heterocycles. The number of aryl methyl sites for hydroxylation is 2. The lowest BCUT2D eigenvalue weighted by Gasteiger charge is -2.34. The zero-order valence-electron chi connectivity index (χ0n) is 25.5. The summed E-state index contributed by atoms with van der Waals surface area (Å²) in [5.74, 6) is -0.895. The summed E-state index contributed by atoms with van der Waals surface area (Å²) in [4.78, 5) is 29.8. The molecule has 0 saturated carbocycles. The summed E-state index contributed by atoms with van der Waals surface area (Å²) in [5.41, 5.74) is 3.57. The number of rotatable bonds is 13. The van der Waals surface area contributed by atoms with Gasteiger partial charge in [0.05, 0.1) is 20.6 Å². The molecule has 7 nitrogen and oxygen atoms in total. The number of carbonyl (C=O) groups excluding carboxylic acids is 2. The molecule has 0 fully saturated rings. The highest BCUT2D eigenvalue weighted by molar-refractivity contribution is 7.92. The Balaban J connectivity index is 1.83. The second kappa shape index (κ2) is 15.4. The molecule has 0 aliphatic rings. The number of nitrogens with one attached hydrogen (secondary N) is 1. The van der Waals surface area contributed by atoms with Gasteiger partial charge in [0.1, 0.15) is 12.6 Å². The number of hydrogen-bond donors (Lipinski definition) is 1. The summed E-state index contributed by atoms with van der Waals surface area (Å²) in [5, 5.41) is 3.09. The van der Waals surface area contributed by atoms with E-state index in [4.69, 9.17) is 23.2 Å². The molecule has 0 spiro atoms. The van der Waals surface area contributed by atoms with Crippen LogP contribution in [0.5, 0.6) is 0 Å². The maximum atomic E-state index is 14.5. The molecule has 4 aromatic carbocycles. The van der Waals surface area contributed by atoms with Gasteiger partial charge in [-0.3, -0.25) is 13.9 Å². The Morgan fingerprint density at radius 1 is 0.844 bits per heavy atom. The van der Waals surface area contributed by atoms with Gasteiger partial charge in [0.2, 0.25) is 11.8 Å². The molecule has 0 unspecified atom stereocenters. The number of benzene rings is 4. The van der Waals surface area contributed by atoms with E-state index < -0.39 is 28.5 Å². The van der Waals surface area contributed by atoms with E-state index >= 15 is 0 Å². The van der Waals surface area contributed by atoms with E-state index in [-0.39, 0.29) is 39.5 Å². The van der Waals surface area contributed by atoms with Gasteiger partial charge in [0.25, 0.3) is 10.0 Å². The van der Waals surface area contributed by atoms with Gasteiger partial charge in [0, 0.05) is 19.5 Å². The zero-order valence-corrected chi connectivity index (χ0v) is 27.9. The maximum Gasteiger partial charge on any atom is 0.264 e. The Bertz CT molecular complexity index is 1730. The minimum Gasteiger partial charge on any atom is -0.354 e. The Morgan fingerprint density at radius 3 is 2.18 bits per heavy atom. The van der Waals surface area contributed by atoms with Crippen molar-refractivity contribution in [3.8, 4) is 0 Å². The third-order valence-corrected chi connectivity index (χ3v) is 10.1. The van der Waals surface area contributed by atoms with Gasteiger partial charge in [-0.1, -0.05) is 108 Å². The van der Waals surface area contributed by atoms with Gasteiger partial charge >= 0.3 is 0 Å². The van der Waals surface area contributed by atoms with Gasteiger partial charge in [-0.15, -0.1) is 0 Å². The van der Waals surface area contributed by atoms with Crippen LogP contribution in [0.25, 0.3) is 0 Å². The Labute approximate surface area is 275 Å². The molecule has 0 saturated heterocycles. The van der Waals surface area contributed by atoms with Crippen LogP contribution in [0.15, 0.2) is 102 Å². The van der Waals surface area contributed by atoms with Crippen molar-refractivity contribution in [2.75, 3.05) is 17.4 Å². The van der Waals surface area contributed by atoms with Gasteiger partial charge in [-0.2, -0.15) is 0 Å². The molecule has 0 aromatic heterocycles. The van der Waals surface area contributed by atoms with Crippen LogP contribution >= 0.6 is 23.2 Å². The molecule has 0 radical (unpaired) electrons. The van der Waals surface area contributed by atoms with Crippen LogP contribution in [-0.2, 0) is 32.6 Å². The number of anilines is 1. The predicted molar refractivity (Wildman–Crippen MR) is 181 cm³/mol. The first-order chi connectivity index (χ1) is 21.5. The SMILES string of the molecule is CCCNC(=O)[C@H](Cc1ccccc1)N(Cc1ccccc1C)C(=O)CN(c1cccc(Cl)c1Cl)S(=O)(=O)c1ccc(C)cc1. The molecule has 0 bridgehead atoms. The maximum absolute atomic E-state index is 14.5. The van der Waals surface area contributed by atoms with Gasteiger partial charge in [-0.25, -0.2) is 8.42 Å². The van der Waals surface area contributed by atoms with Crippen molar-refractivity contribution in [2.24, 2.45) is 0 Å². The van der Waals surface area contributed by atoms with E-state index in [2.05, 4.69) is 5.32 Å².